The molecular formula is C11H13N5O2. The molecule has 0 atom stereocenters. The number of H-pyrrole nitrogens is 1. The van der Waals surface area contributed by atoms with Gasteiger partial charge in [-0.2, -0.15) is 0 Å². The second kappa shape index (κ2) is 5.28. The first-order chi connectivity index (χ1) is 8.72. The Morgan fingerprint density at radius 2 is 2.11 bits per heavy atom. The monoisotopic (exact) mass is 247 g/mol. The Hall–Kier alpha value is -2.41. The number of hydrogen-bond donors (Lipinski definition) is 4. The first-order valence-electron chi connectivity index (χ1n) is 5.39. The lowest BCUT2D eigenvalue weighted by Gasteiger charge is -2.05. The van der Waals surface area contributed by atoms with Crippen LogP contribution in [0.5, 0.6) is 0 Å². The Kier molecular flexibility index (Phi) is 3.54. The molecule has 94 valence electrons. The van der Waals surface area contributed by atoms with Crippen LogP contribution in [0.4, 0.5) is 11.6 Å². The van der Waals surface area contributed by atoms with E-state index in [-0.39, 0.29) is 30.4 Å². The zero-order chi connectivity index (χ0) is 13.0. The molecule has 0 spiro atoms. The van der Waals surface area contributed by atoms with Crippen LogP contribution in [0.1, 0.15) is 0 Å². The summed E-state index contributed by atoms with van der Waals surface area (Å²) < 4.78 is 0. The van der Waals surface area contributed by atoms with Crippen molar-refractivity contribution in [2.45, 2.75) is 0 Å². The molecule has 0 unspecified atom stereocenters. The van der Waals surface area contributed by atoms with Crippen molar-refractivity contribution < 1.29 is 5.11 Å². The second-order valence-electron chi connectivity index (χ2n) is 3.59. The summed E-state index contributed by atoms with van der Waals surface area (Å²) in [6.45, 7) is 0.231. The summed E-state index contributed by atoms with van der Waals surface area (Å²) in [5.74, 6) is 0.215. The number of nitrogen functional groups attached to an aromatic ring is 1. The van der Waals surface area contributed by atoms with Crippen molar-refractivity contribution in [3.63, 3.8) is 0 Å². The first kappa shape index (κ1) is 12.1. The minimum Gasteiger partial charge on any atom is -0.398 e. The van der Waals surface area contributed by atoms with Gasteiger partial charge in [0.15, 0.2) is 5.69 Å². The van der Waals surface area contributed by atoms with E-state index in [2.05, 4.69) is 20.5 Å². The summed E-state index contributed by atoms with van der Waals surface area (Å²) in [7, 11) is 0. The van der Waals surface area contributed by atoms with E-state index in [1.54, 1.807) is 24.3 Å². The Balaban J connectivity index is 2.36. The molecule has 0 aliphatic rings. The molecule has 2 aromatic rings. The number of nitrogens with two attached hydrogens (primary N) is 1. The van der Waals surface area contributed by atoms with E-state index >= 15 is 0 Å². The third kappa shape index (κ3) is 2.46. The average Bonchev–Trinajstić information content (AvgIpc) is 2.38. The third-order valence-electron chi connectivity index (χ3n) is 2.32. The van der Waals surface area contributed by atoms with Crippen LogP contribution in [-0.2, 0) is 0 Å². The van der Waals surface area contributed by atoms with E-state index in [4.69, 9.17) is 10.8 Å². The second-order valence-corrected chi connectivity index (χ2v) is 3.59. The highest BCUT2D eigenvalue weighted by molar-refractivity contribution is 5.72. The van der Waals surface area contributed by atoms with Crippen LogP contribution in [0.25, 0.3) is 11.3 Å². The molecule has 0 fully saturated rings. The van der Waals surface area contributed by atoms with Gasteiger partial charge in [-0.15, -0.1) is 10.2 Å². The van der Waals surface area contributed by atoms with Gasteiger partial charge in [-0.3, -0.25) is 9.78 Å². The molecule has 0 saturated heterocycles. The van der Waals surface area contributed by atoms with E-state index in [0.29, 0.717) is 11.3 Å². The first-order valence-corrected chi connectivity index (χ1v) is 5.39. The highest BCUT2D eigenvalue weighted by Gasteiger charge is 2.09. The number of benzene rings is 1. The molecule has 0 bridgehead atoms. The van der Waals surface area contributed by atoms with Crippen molar-refractivity contribution in [1.29, 1.82) is 0 Å². The smallest absolute Gasteiger partial charge is 0.279 e. The number of aromatic amines is 1. The largest absolute Gasteiger partial charge is 0.398 e. The third-order valence-corrected chi connectivity index (χ3v) is 2.32. The standard InChI is InChI=1S/C11H13N5O2/c12-8-4-2-1-3-7(8)9-10(18)14-11(16-15-9)13-5-6-17/h1-4,17H,5-6,12H2,(H2,13,14,16,18). The lowest BCUT2D eigenvalue weighted by Crippen LogP contribution is -2.18. The number of anilines is 2. The Bertz CT molecular complexity index is 596. The summed E-state index contributed by atoms with van der Waals surface area (Å²) in [5.41, 5.74) is 6.56. The van der Waals surface area contributed by atoms with Gasteiger partial charge in [0.25, 0.3) is 5.56 Å². The predicted molar refractivity (Wildman–Crippen MR) is 68.1 cm³/mol. The number of aromatic nitrogens is 3. The summed E-state index contributed by atoms with van der Waals surface area (Å²) in [6, 6.07) is 6.94. The summed E-state index contributed by atoms with van der Waals surface area (Å²) in [6.07, 6.45) is 0. The van der Waals surface area contributed by atoms with Gasteiger partial charge in [-0.1, -0.05) is 18.2 Å². The molecule has 1 aromatic heterocycles. The Morgan fingerprint density at radius 1 is 1.33 bits per heavy atom. The van der Waals surface area contributed by atoms with Gasteiger partial charge in [-0.25, -0.2) is 0 Å². The van der Waals surface area contributed by atoms with Gasteiger partial charge in [0, 0.05) is 17.8 Å². The number of aliphatic hydroxyl groups excluding tert-OH is 1. The fourth-order valence-corrected chi connectivity index (χ4v) is 1.48. The van der Waals surface area contributed by atoms with E-state index in [1.165, 1.54) is 0 Å². The summed E-state index contributed by atoms with van der Waals surface area (Å²) in [4.78, 5) is 14.4. The van der Waals surface area contributed by atoms with E-state index in [1.807, 2.05) is 0 Å². The van der Waals surface area contributed by atoms with Crippen LogP contribution in [-0.4, -0.2) is 33.4 Å². The van der Waals surface area contributed by atoms with Crippen molar-refractivity contribution in [1.82, 2.24) is 15.2 Å². The molecule has 0 aliphatic carbocycles. The van der Waals surface area contributed by atoms with Crippen LogP contribution >= 0.6 is 0 Å². The summed E-state index contributed by atoms with van der Waals surface area (Å²) >= 11 is 0. The maximum Gasteiger partial charge on any atom is 0.279 e. The number of para-hydroxylation sites is 1. The number of nitrogens with one attached hydrogen (secondary N) is 2. The SMILES string of the molecule is Nc1ccccc1-c1nnc(NCCO)[nH]c1=O. The van der Waals surface area contributed by atoms with Gasteiger partial charge in [0.05, 0.1) is 6.61 Å². The van der Waals surface area contributed by atoms with Gasteiger partial charge in [-0.05, 0) is 6.07 Å². The molecule has 5 N–H and O–H groups in total. The number of aliphatic hydroxyl groups is 1. The number of nitrogens with zero attached hydrogens (tertiary/aromatic N) is 2. The van der Waals surface area contributed by atoms with Crippen LogP contribution < -0.4 is 16.6 Å². The molecule has 0 saturated carbocycles. The molecule has 1 aromatic carbocycles. The molecular weight excluding hydrogens is 234 g/mol. The summed E-state index contributed by atoms with van der Waals surface area (Å²) in [5, 5.41) is 19.0. The molecule has 7 heteroatoms. The highest BCUT2D eigenvalue weighted by atomic mass is 16.3. The fourth-order valence-electron chi connectivity index (χ4n) is 1.48. The molecule has 18 heavy (non-hydrogen) atoms. The molecule has 2 rings (SSSR count). The van der Waals surface area contributed by atoms with Crippen molar-refractivity contribution in [3.8, 4) is 11.3 Å². The van der Waals surface area contributed by atoms with Crippen LogP contribution in [0.2, 0.25) is 0 Å². The van der Waals surface area contributed by atoms with Gasteiger partial charge in [0.1, 0.15) is 0 Å². The van der Waals surface area contributed by atoms with Gasteiger partial charge >= 0.3 is 0 Å². The normalized spacial score (nSPS) is 10.3. The average molecular weight is 247 g/mol. The molecule has 0 aliphatic heterocycles. The van der Waals surface area contributed by atoms with Gasteiger partial charge in [0.2, 0.25) is 5.95 Å². The quantitative estimate of drug-likeness (QED) is 0.557. The minimum atomic E-state index is -0.386. The Morgan fingerprint density at radius 3 is 2.78 bits per heavy atom. The van der Waals surface area contributed by atoms with Crippen LogP contribution in [0.15, 0.2) is 29.1 Å². The molecule has 0 radical (unpaired) electrons. The number of hydrogen-bond acceptors (Lipinski definition) is 6. The lowest BCUT2D eigenvalue weighted by atomic mass is 10.1. The van der Waals surface area contributed by atoms with Crippen LogP contribution in [0.3, 0.4) is 0 Å². The highest BCUT2D eigenvalue weighted by Crippen LogP contribution is 2.19. The van der Waals surface area contributed by atoms with E-state index in [9.17, 15) is 4.79 Å². The van der Waals surface area contributed by atoms with E-state index < -0.39 is 0 Å². The van der Waals surface area contributed by atoms with Crippen molar-refractivity contribution in [3.05, 3.63) is 34.6 Å². The predicted octanol–water partition coefficient (Wildman–Crippen LogP) is -0.182. The van der Waals surface area contributed by atoms with E-state index in [0.717, 1.165) is 0 Å². The minimum absolute atomic E-state index is 0.0584. The maximum atomic E-state index is 11.8. The fraction of sp³-hybridized carbons (Fsp3) is 0.182. The van der Waals surface area contributed by atoms with Crippen molar-refractivity contribution in [2.24, 2.45) is 0 Å². The molecule has 7 nitrogen and oxygen atoms in total. The van der Waals surface area contributed by atoms with Crippen LogP contribution in [0, 0.1) is 0 Å². The van der Waals surface area contributed by atoms with Gasteiger partial charge < -0.3 is 16.2 Å². The topological polar surface area (TPSA) is 117 Å². The zero-order valence-corrected chi connectivity index (χ0v) is 9.55. The zero-order valence-electron chi connectivity index (χ0n) is 9.55. The van der Waals surface area contributed by atoms with Crippen molar-refractivity contribution >= 4 is 11.6 Å². The molecule has 1 heterocycles. The maximum absolute atomic E-state index is 11.8. The Labute approximate surface area is 103 Å². The number of rotatable bonds is 4. The lowest BCUT2D eigenvalue weighted by molar-refractivity contribution is 0.310. The van der Waals surface area contributed by atoms with Crippen molar-refractivity contribution in [2.75, 3.05) is 24.2 Å². The molecule has 0 amide bonds.